The number of aromatic nitrogens is 1. The highest BCUT2D eigenvalue weighted by Gasteiger charge is 2.16. The average Bonchev–Trinajstić information content (AvgIpc) is 2.45. The molecule has 116 valence electrons. The quantitative estimate of drug-likeness (QED) is 0.385. The molecule has 1 aromatic rings. The van der Waals surface area contributed by atoms with Gasteiger partial charge in [-0.3, -0.25) is 14.6 Å². The van der Waals surface area contributed by atoms with E-state index in [4.69, 9.17) is 15.6 Å². The van der Waals surface area contributed by atoms with Crippen molar-refractivity contribution in [1.29, 1.82) is 0 Å². The first-order valence-electron chi connectivity index (χ1n) is 7.12. The van der Waals surface area contributed by atoms with E-state index >= 15 is 0 Å². The molecule has 0 radical (unpaired) electrons. The minimum Gasteiger partial charge on any atom is -0.481 e. The molecule has 6 heteroatoms. The average molecular weight is 294 g/mol. The van der Waals surface area contributed by atoms with Crippen LogP contribution in [0, 0.1) is 0 Å². The van der Waals surface area contributed by atoms with Crippen LogP contribution in [-0.4, -0.2) is 34.7 Å². The minimum absolute atomic E-state index is 0.274. The van der Waals surface area contributed by atoms with Gasteiger partial charge in [0, 0.05) is 12.4 Å². The van der Waals surface area contributed by atoms with Gasteiger partial charge in [0.05, 0.1) is 0 Å². The molecular weight excluding hydrogens is 272 g/mol. The molecule has 1 aromatic heterocycles. The summed E-state index contributed by atoms with van der Waals surface area (Å²) >= 11 is 0. The zero-order valence-electron chi connectivity index (χ0n) is 12.0. The van der Waals surface area contributed by atoms with E-state index in [0.717, 1.165) is 24.8 Å². The van der Waals surface area contributed by atoms with Gasteiger partial charge in [-0.1, -0.05) is 6.07 Å². The number of aryl methyl sites for hydroxylation is 1. The van der Waals surface area contributed by atoms with Crippen LogP contribution < -0.4 is 5.73 Å². The van der Waals surface area contributed by atoms with Gasteiger partial charge < -0.3 is 15.6 Å². The van der Waals surface area contributed by atoms with Crippen LogP contribution in [0.4, 0.5) is 0 Å². The Labute approximate surface area is 124 Å². The summed E-state index contributed by atoms with van der Waals surface area (Å²) < 4.78 is 5.25. The standard InChI is InChI=1S/C15H22N2O4/c16-8-2-1-5-13(21-15(20)10-14(18)19)7-6-12-4-3-9-17-11-12/h3-4,9,11,13H,1-2,5-8,10,16H2,(H,18,19). The number of hydrogen-bond donors (Lipinski definition) is 2. The highest BCUT2D eigenvalue weighted by molar-refractivity contribution is 5.90. The lowest BCUT2D eigenvalue weighted by Gasteiger charge is -2.17. The fraction of sp³-hybridized carbons (Fsp3) is 0.533. The monoisotopic (exact) mass is 294 g/mol. The predicted molar refractivity (Wildman–Crippen MR) is 77.6 cm³/mol. The van der Waals surface area contributed by atoms with Crippen LogP contribution in [0.5, 0.6) is 0 Å². The molecular formula is C15H22N2O4. The Bertz CT molecular complexity index is 437. The summed E-state index contributed by atoms with van der Waals surface area (Å²) in [5.74, 6) is -1.86. The lowest BCUT2D eigenvalue weighted by molar-refractivity contribution is -0.155. The van der Waals surface area contributed by atoms with Crippen molar-refractivity contribution in [2.45, 2.75) is 44.6 Å². The number of carboxylic acid groups (broad SMARTS) is 1. The predicted octanol–water partition coefficient (Wildman–Crippen LogP) is 1.53. The number of esters is 1. The number of pyridine rings is 1. The molecule has 1 atom stereocenters. The van der Waals surface area contributed by atoms with E-state index in [9.17, 15) is 9.59 Å². The van der Waals surface area contributed by atoms with Crippen LogP contribution in [0.2, 0.25) is 0 Å². The van der Waals surface area contributed by atoms with Crippen LogP contribution in [0.15, 0.2) is 24.5 Å². The zero-order chi connectivity index (χ0) is 15.5. The molecule has 0 saturated heterocycles. The zero-order valence-corrected chi connectivity index (χ0v) is 12.0. The molecule has 1 rings (SSSR count). The van der Waals surface area contributed by atoms with Crippen molar-refractivity contribution < 1.29 is 19.4 Å². The van der Waals surface area contributed by atoms with Gasteiger partial charge in [0.25, 0.3) is 0 Å². The molecule has 0 saturated carbocycles. The van der Waals surface area contributed by atoms with Gasteiger partial charge in [0.2, 0.25) is 0 Å². The second kappa shape index (κ2) is 9.88. The number of rotatable bonds is 10. The summed E-state index contributed by atoms with van der Waals surface area (Å²) in [6.07, 6.45) is 6.41. The molecule has 3 N–H and O–H groups in total. The second-order valence-electron chi connectivity index (χ2n) is 4.87. The van der Waals surface area contributed by atoms with Crippen LogP contribution in [-0.2, 0) is 20.7 Å². The smallest absolute Gasteiger partial charge is 0.317 e. The largest absolute Gasteiger partial charge is 0.481 e. The summed E-state index contributed by atoms with van der Waals surface area (Å²) in [5.41, 5.74) is 6.52. The Kier molecular flexibility index (Phi) is 8.04. The van der Waals surface area contributed by atoms with Crippen molar-refractivity contribution in [1.82, 2.24) is 4.98 Å². The molecule has 21 heavy (non-hydrogen) atoms. The normalized spacial score (nSPS) is 11.9. The number of carbonyl (C=O) groups excluding carboxylic acids is 1. The number of unbranched alkanes of at least 4 members (excludes halogenated alkanes) is 1. The summed E-state index contributed by atoms with van der Waals surface area (Å²) in [5, 5.41) is 8.59. The summed E-state index contributed by atoms with van der Waals surface area (Å²) in [6.45, 7) is 0.596. The molecule has 0 aliphatic rings. The number of nitrogens with zero attached hydrogens (tertiary/aromatic N) is 1. The van der Waals surface area contributed by atoms with E-state index in [-0.39, 0.29) is 6.10 Å². The van der Waals surface area contributed by atoms with Crippen LogP contribution >= 0.6 is 0 Å². The molecule has 6 nitrogen and oxygen atoms in total. The molecule has 1 unspecified atom stereocenters. The lowest BCUT2D eigenvalue weighted by atomic mass is 10.0. The Morgan fingerprint density at radius 3 is 2.76 bits per heavy atom. The number of carboxylic acids is 1. The number of hydrogen-bond acceptors (Lipinski definition) is 5. The van der Waals surface area contributed by atoms with Gasteiger partial charge in [-0.15, -0.1) is 0 Å². The van der Waals surface area contributed by atoms with Crippen LogP contribution in [0.25, 0.3) is 0 Å². The molecule has 1 heterocycles. The maximum atomic E-state index is 11.5. The van der Waals surface area contributed by atoms with Crippen molar-refractivity contribution >= 4 is 11.9 Å². The van der Waals surface area contributed by atoms with Crippen molar-refractivity contribution in [3.05, 3.63) is 30.1 Å². The van der Waals surface area contributed by atoms with E-state index < -0.39 is 18.4 Å². The molecule has 0 bridgehead atoms. The molecule has 0 aliphatic carbocycles. The molecule has 0 fully saturated rings. The summed E-state index contributed by atoms with van der Waals surface area (Å²) in [7, 11) is 0. The SMILES string of the molecule is NCCCCC(CCc1cccnc1)OC(=O)CC(=O)O. The Hall–Kier alpha value is -1.95. The van der Waals surface area contributed by atoms with E-state index in [2.05, 4.69) is 4.98 Å². The fourth-order valence-electron chi connectivity index (χ4n) is 2.00. The van der Waals surface area contributed by atoms with Gasteiger partial charge >= 0.3 is 11.9 Å². The molecule has 0 spiro atoms. The van der Waals surface area contributed by atoms with E-state index in [1.807, 2.05) is 12.1 Å². The topological polar surface area (TPSA) is 103 Å². The first kappa shape index (κ1) is 17.1. The summed E-state index contributed by atoms with van der Waals surface area (Å²) in [4.78, 5) is 26.0. The van der Waals surface area contributed by atoms with Gasteiger partial charge in [-0.25, -0.2) is 0 Å². The van der Waals surface area contributed by atoms with E-state index in [1.54, 1.807) is 12.4 Å². The number of nitrogens with two attached hydrogens (primary N) is 1. The van der Waals surface area contributed by atoms with Crippen LogP contribution in [0.1, 0.15) is 37.7 Å². The van der Waals surface area contributed by atoms with Crippen molar-refractivity contribution in [2.24, 2.45) is 5.73 Å². The third kappa shape index (κ3) is 8.04. The Morgan fingerprint density at radius 1 is 1.33 bits per heavy atom. The number of aliphatic carboxylic acids is 1. The lowest BCUT2D eigenvalue weighted by Crippen LogP contribution is -2.21. The molecule has 0 aromatic carbocycles. The van der Waals surface area contributed by atoms with Gasteiger partial charge in [-0.2, -0.15) is 0 Å². The fourth-order valence-corrected chi connectivity index (χ4v) is 2.00. The van der Waals surface area contributed by atoms with Crippen molar-refractivity contribution in [3.8, 4) is 0 Å². The number of ether oxygens (including phenoxy) is 1. The van der Waals surface area contributed by atoms with Gasteiger partial charge in [0.15, 0.2) is 0 Å². The van der Waals surface area contributed by atoms with Gasteiger partial charge in [0.1, 0.15) is 12.5 Å². The maximum absolute atomic E-state index is 11.5. The van der Waals surface area contributed by atoms with E-state index in [0.29, 0.717) is 19.4 Å². The number of carbonyl (C=O) groups is 2. The maximum Gasteiger partial charge on any atom is 0.317 e. The second-order valence-corrected chi connectivity index (χ2v) is 4.87. The van der Waals surface area contributed by atoms with Gasteiger partial charge in [-0.05, 0) is 50.3 Å². The molecule has 0 amide bonds. The van der Waals surface area contributed by atoms with Crippen molar-refractivity contribution in [3.63, 3.8) is 0 Å². The Morgan fingerprint density at radius 2 is 2.14 bits per heavy atom. The minimum atomic E-state index is -1.17. The van der Waals surface area contributed by atoms with Crippen molar-refractivity contribution in [2.75, 3.05) is 6.54 Å². The van der Waals surface area contributed by atoms with Crippen LogP contribution in [0.3, 0.4) is 0 Å². The van der Waals surface area contributed by atoms with E-state index in [1.165, 1.54) is 0 Å². The first-order valence-corrected chi connectivity index (χ1v) is 7.12. The first-order chi connectivity index (χ1) is 10.1. The Balaban J connectivity index is 2.46. The summed E-state index contributed by atoms with van der Waals surface area (Å²) in [6, 6.07) is 3.82. The molecule has 0 aliphatic heterocycles. The third-order valence-corrected chi connectivity index (χ3v) is 3.05. The third-order valence-electron chi connectivity index (χ3n) is 3.05. The highest BCUT2D eigenvalue weighted by atomic mass is 16.5. The highest BCUT2D eigenvalue weighted by Crippen LogP contribution is 2.13.